The Hall–Kier alpha value is -0.940. The number of hydrogen-bond donors (Lipinski definition) is 2. The van der Waals surface area contributed by atoms with E-state index in [0.717, 1.165) is 19.5 Å². The van der Waals surface area contributed by atoms with Gasteiger partial charge >= 0.3 is 0 Å². The molecule has 0 amide bonds. The molecule has 78 valence electrons. The number of aliphatic hydroxyl groups excluding tert-OH is 1. The largest absolute Gasteiger partial charge is 0.396 e. The first-order valence-corrected chi connectivity index (χ1v) is 5.01. The van der Waals surface area contributed by atoms with E-state index in [1.165, 1.54) is 6.42 Å². The van der Waals surface area contributed by atoms with Gasteiger partial charge in [-0.25, -0.2) is 0 Å². The van der Waals surface area contributed by atoms with Crippen LogP contribution >= 0.6 is 0 Å². The van der Waals surface area contributed by atoms with Gasteiger partial charge in [-0.2, -0.15) is 4.98 Å². The van der Waals surface area contributed by atoms with Crippen molar-refractivity contribution in [3.05, 3.63) is 11.7 Å². The zero-order valence-corrected chi connectivity index (χ0v) is 8.07. The summed E-state index contributed by atoms with van der Waals surface area (Å²) in [5.41, 5.74) is 0. The van der Waals surface area contributed by atoms with E-state index in [0.29, 0.717) is 24.1 Å². The van der Waals surface area contributed by atoms with Crippen molar-refractivity contribution in [3.8, 4) is 0 Å². The van der Waals surface area contributed by atoms with Crippen LogP contribution in [0.4, 0.5) is 0 Å². The van der Waals surface area contributed by atoms with Crippen LogP contribution in [0.3, 0.4) is 0 Å². The molecule has 1 unspecified atom stereocenters. The van der Waals surface area contributed by atoms with Gasteiger partial charge in [0.25, 0.3) is 0 Å². The quantitative estimate of drug-likeness (QED) is 0.697. The lowest BCUT2D eigenvalue weighted by molar-refractivity contribution is 0.292. The summed E-state index contributed by atoms with van der Waals surface area (Å²) in [5, 5.41) is 15.8. The highest BCUT2D eigenvalue weighted by Crippen LogP contribution is 2.13. The minimum atomic E-state index is 0.0734. The fourth-order valence-electron chi connectivity index (χ4n) is 1.71. The van der Waals surface area contributed by atoms with E-state index in [2.05, 4.69) is 15.5 Å². The first-order valence-electron chi connectivity index (χ1n) is 5.01. The van der Waals surface area contributed by atoms with Gasteiger partial charge in [-0.3, -0.25) is 0 Å². The summed E-state index contributed by atoms with van der Waals surface area (Å²) in [4.78, 5) is 4.20. The fraction of sp³-hybridized carbons (Fsp3) is 0.778. The Kier molecular flexibility index (Phi) is 3.10. The van der Waals surface area contributed by atoms with E-state index in [1.807, 2.05) is 0 Å². The number of nitrogens with zero attached hydrogens (tertiary/aromatic N) is 2. The van der Waals surface area contributed by atoms with Crippen LogP contribution in [0.15, 0.2) is 4.52 Å². The van der Waals surface area contributed by atoms with Crippen LogP contribution in [0.5, 0.6) is 0 Å². The van der Waals surface area contributed by atoms with E-state index >= 15 is 0 Å². The zero-order valence-electron chi connectivity index (χ0n) is 8.07. The molecular formula is C9H15N3O2. The molecule has 2 rings (SSSR count). The monoisotopic (exact) mass is 197 g/mol. The molecule has 2 heterocycles. The average Bonchev–Trinajstić information content (AvgIpc) is 2.79. The smallest absolute Gasteiger partial charge is 0.226 e. The molecule has 14 heavy (non-hydrogen) atoms. The van der Waals surface area contributed by atoms with Gasteiger partial charge in [0.1, 0.15) is 0 Å². The topological polar surface area (TPSA) is 71.2 Å². The highest BCUT2D eigenvalue weighted by Gasteiger charge is 2.18. The molecule has 5 heteroatoms. The third kappa shape index (κ3) is 2.30. The molecule has 0 bridgehead atoms. The molecule has 0 radical (unpaired) electrons. The van der Waals surface area contributed by atoms with Crippen molar-refractivity contribution in [1.29, 1.82) is 0 Å². The van der Waals surface area contributed by atoms with Gasteiger partial charge in [0.2, 0.25) is 5.89 Å². The lowest BCUT2D eigenvalue weighted by atomic mass is 10.1. The predicted molar refractivity (Wildman–Crippen MR) is 49.8 cm³/mol. The predicted octanol–water partition coefficient (Wildman–Crippen LogP) is -0.244. The molecule has 1 aliphatic heterocycles. The normalized spacial score (nSPS) is 21.6. The lowest BCUT2D eigenvalue weighted by Gasteiger charge is -2.01. The Balaban J connectivity index is 1.88. The Morgan fingerprint density at radius 1 is 1.57 bits per heavy atom. The van der Waals surface area contributed by atoms with Gasteiger partial charge < -0.3 is 14.9 Å². The van der Waals surface area contributed by atoms with Gasteiger partial charge in [0, 0.05) is 12.8 Å². The van der Waals surface area contributed by atoms with Crippen molar-refractivity contribution in [3.63, 3.8) is 0 Å². The second-order valence-corrected chi connectivity index (χ2v) is 3.64. The molecule has 0 spiro atoms. The average molecular weight is 197 g/mol. The molecule has 1 aromatic rings. The Morgan fingerprint density at radius 2 is 2.50 bits per heavy atom. The number of aliphatic hydroxyl groups is 1. The van der Waals surface area contributed by atoms with E-state index in [-0.39, 0.29) is 6.61 Å². The van der Waals surface area contributed by atoms with Gasteiger partial charge in [-0.1, -0.05) is 5.16 Å². The standard InChI is InChI=1S/C9H15N3O2/c13-4-2-8-11-9(14-12-8)5-7-1-3-10-6-7/h7,10,13H,1-6H2. The molecule has 1 aliphatic rings. The number of aromatic nitrogens is 2. The van der Waals surface area contributed by atoms with Crippen LogP contribution in [0.25, 0.3) is 0 Å². The third-order valence-corrected chi connectivity index (χ3v) is 2.47. The molecule has 1 atom stereocenters. The SMILES string of the molecule is OCCc1noc(CC2CCNC2)n1. The van der Waals surface area contributed by atoms with Crippen molar-refractivity contribution in [2.24, 2.45) is 5.92 Å². The number of rotatable bonds is 4. The van der Waals surface area contributed by atoms with Crippen LogP contribution in [-0.2, 0) is 12.8 Å². The van der Waals surface area contributed by atoms with Crippen LogP contribution in [-0.4, -0.2) is 34.9 Å². The Morgan fingerprint density at radius 3 is 3.21 bits per heavy atom. The number of hydrogen-bond acceptors (Lipinski definition) is 5. The van der Waals surface area contributed by atoms with Crippen molar-refractivity contribution in [2.75, 3.05) is 19.7 Å². The van der Waals surface area contributed by atoms with Gasteiger partial charge in [0.15, 0.2) is 5.82 Å². The molecule has 5 nitrogen and oxygen atoms in total. The Bertz CT molecular complexity index is 281. The molecular weight excluding hydrogens is 182 g/mol. The first-order chi connectivity index (χ1) is 6.88. The summed E-state index contributed by atoms with van der Waals surface area (Å²) in [5.74, 6) is 1.92. The van der Waals surface area contributed by atoms with Crippen molar-refractivity contribution >= 4 is 0 Å². The first kappa shape index (κ1) is 9.61. The summed E-state index contributed by atoms with van der Waals surface area (Å²) in [6.45, 7) is 2.20. The zero-order chi connectivity index (χ0) is 9.80. The maximum atomic E-state index is 8.68. The van der Waals surface area contributed by atoms with E-state index in [9.17, 15) is 0 Å². The third-order valence-electron chi connectivity index (χ3n) is 2.47. The van der Waals surface area contributed by atoms with Crippen molar-refractivity contribution in [2.45, 2.75) is 19.3 Å². The number of nitrogens with one attached hydrogen (secondary N) is 1. The second-order valence-electron chi connectivity index (χ2n) is 3.64. The fourth-order valence-corrected chi connectivity index (χ4v) is 1.71. The molecule has 0 aliphatic carbocycles. The van der Waals surface area contributed by atoms with Crippen LogP contribution < -0.4 is 5.32 Å². The maximum absolute atomic E-state index is 8.68. The van der Waals surface area contributed by atoms with E-state index < -0.39 is 0 Å². The van der Waals surface area contributed by atoms with Crippen LogP contribution in [0, 0.1) is 5.92 Å². The minimum absolute atomic E-state index is 0.0734. The van der Waals surface area contributed by atoms with Crippen LogP contribution in [0.1, 0.15) is 18.1 Å². The summed E-state index contributed by atoms with van der Waals surface area (Å²) >= 11 is 0. The highest BCUT2D eigenvalue weighted by atomic mass is 16.5. The van der Waals surface area contributed by atoms with Crippen molar-refractivity contribution in [1.82, 2.24) is 15.5 Å². The van der Waals surface area contributed by atoms with Crippen LogP contribution in [0.2, 0.25) is 0 Å². The molecule has 2 N–H and O–H groups in total. The van der Waals surface area contributed by atoms with Gasteiger partial charge in [0.05, 0.1) is 6.61 Å². The molecule has 0 aromatic carbocycles. The van der Waals surface area contributed by atoms with Crippen molar-refractivity contribution < 1.29 is 9.63 Å². The summed E-state index contributed by atoms with van der Waals surface area (Å²) in [6.07, 6.45) is 2.51. The minimum Gasteiger partial charge on any atom is -0.396 e. The van der Waals surface area contributed by atoms with Gasteiger partial charge in [-0.15, -0.1) is 0 Å². The maximum Gasteiger partial charge on any atom is 0.226 e. The van der Waals surface area contributed by atoms with Gasteiger partial charge in [-0.05, 0) is 25.4 Å². The molecule has 1 aromatic heterocycles. The lowest BCUT2D eigenvalue weighted by Crippen LogP contribution is -2.10. The molecule has 0 saturated carbocycles. The summed E-state index contributed by atoms with van der Waals surface area (Å²) in [6, 6.07) is 0. The molecule has 1 saturated heterocycles. The summed E-state index contributed by atoms with van der Waals surface area (Å²) < 4.78 is 5.08. The Labute approximate surface area is 82.5 Å². The van der Waals surface area contributed by atoms with E-state index in [1.54, 1.807) is 0 Å². The van der Waals surface area contributed by atoms with E-state index in [4.69, 9.17) is 9.63 Å². The molecule has 1 fully saturated rings. The second kappa shape index (κ2) is 4.52. The highest BCUT2D eigenvalue weighted by molar-refractivity contribution is 4.89. The summed E-state index contributed by atoms with van der Waals surface area (Å²) in [7, 11) is 0.